The summed E-state index contributed by atoms with van der Waals surface area (Å²) in [5.41, 5.74) is 3.10. The molecular formula is C29H31NO5. The van der Waals surface area contributed by atoms with Crippen molar-refractivity contribution in [3.05, 3.63) is 108 Å². The van der Waals surface area contributed by atoms with E-state index >= 15 is 0 Å². The maximum Gasteiger partial charge on any atom is 0.186 e. The molecule has 1 aliphatic rings. The number of hydrogen-bond acceptors (Lipinski definition) is 6. The first-order valence-electron chi connectivity index (χ1n) is 11.8. The molecule has 1 fully saturated rings. The number of nitrogens with zero attached hydrogens (tertiary/aromatic N) is 1. The summed E-state index contributed by atoms with van der Waals surface area (Å²) >= 11 is 0. The molecule has 3 aromatic carbocycles. The molecule has 0 unspecified atom stereocenters. The quantitative estimate of drug-likeness (QED) is 0.389. The molecule has 182 valence electrons. The van der Waals surface area contributed by atoms with E-state index in [1.54, 1.807) is 7.11 Å². The van der Waals surface area contributed by atoms with Crippen molar-refractivity contribution in [3.8, 4) is 6.07 Å². The summed E-state index contributed by atoms with van der Waals surface area (Å²) in [5.74, 6) is 0. The van der Waals surface area contributed by atoms with Gasteiger partial charge in [0.1, 0.15) is 24.4 Å². The highest BCUT2D eigenvalue weighted by atomic mass is 16.7. The number of methoxy groups -OCH3 is 1. The maximum atomic E-state index is 9.49. The van der Waals surface area contributed by atoms with Crippen molar-refractivity contribution in [1.82, 2.24) is 0 Å². The predicted octanol–water partition coefficient (Wildman–Crippen LogP) is 5.03. The van der Waals surface area contributed by atoms with E-state index in [9.17, 15) is 5.26 Å². The van der Waals surface area contributed by atoms with Gasteiger partial charge in [-0.05, 0) is 16.7 Å². The van der Waals surface area contributed by atoms with Crippen LogP contribution in [0.15, 0.2) is 91.0 Å². The summed E-state index contributed by atoms with van der Waals surface area (Å²) in [6, 6.07) is 32.0. The first kappa shape index (κ1) is 25.1. The van der Waals surface area contributed by atoms with Gasteiger partial charge in [-0.15, -0.1) is 0 Å². The molecule has 4 rings (SSSR count). The Labute approximate surface area is 207 Å². The standard InChI is InChI=1S/C29H31NO5/c1-31-29-28(34-21-24-15-9-4-10-16-24)27(33-20-23-13-7-3-8-14-23)26(25(35-29)17-18-30)32-19-22-11-5-2-6-12-22/h2-16,25-29H,17,19-21H2,1H3/t25-,26-,27+,28-,29-/m1/s1. The molecule has 0 spiro atoms. The van der Waals surface area contributed by atoms with Crippen LogP contribution in [0.5, 0.6) is 0 Å². The van der Waals surface area contributed by atoms with Crippen LogP contribution in [0, 0.1) is 11.3 Å². The molecule has 0 aliphatic carbocycles. The SMILES string of the molecule is CO[C@@H]1O[C@H](CC#N)[C@@H](OCc2ccccc2)[C@H](OCc2ccccc2)[C@H]1OCc1ccccc1. The lowest BCUT2D eigenvalue weighted by molar-refractivity contribution is -0.316. The van der Waals surface area contributed by atoms with E-state index in [-0.39, 0.29) is 6.42 Å². The summed E-state index contributed by atoms with van der Waals surface area (Å²) in [5, 5.41) is 9.49. The molecule has 1 saturated heterocycles. The normalized spacial score (nSPS) is 24.1. The highest BCUT2D eigenvalue weighted by molar-refractivity contribution is 5.15. The van der Waals surface area contributed by atoms with E-state index in [0.29, 0.717) is 19.8 Å². The molecule has 3 aromatic rings. The molecule has 6 nitrogen and oxygen atoms in total. The first-order chi connectivity index (χ1) is 17.3. The molecule has 0 bridgehead atoms. The summed E-state index contributed by atoms with van der Waals surface area (Å²) in [6.07, 6.45) is -2.67. The van der Waals surface area contributed by atoms with Gasteiger partial charge in [-0.3, -0.25) is 0 Å². The van der Waals surface area contributed by atoms with Gasteiger partial charge in [-0.25, -0.2) is 0 Å². The lowest BCUT2D eigenvalue weighted by atomic mass is 9.96. The van der Waals surface area contributed by atoms with Gasteiger partial charge in [0, 0.05) is 7.11 Å². The number of benzene rings is 3. The third-order valence-electron chi connectivity index (χ3n) is 5.97. The minimum Gasteiger partial charge on any atom is -0.368 e. The summed E-state index contributed by atoms with van der Waals surface area (Å²) in [4.78, 5) is 0. The van der Waals surface area contributed by atoms with Crippen LogP contribution in [0.25, 0.3) is 0 Å². The van der Waals surface area contributed by atoms with Crippen molar-refractivity contribution in [2.75, 3.05) is 7.11 Å². The minimum atomic E-state index is -0.700. The fraction of sp³-hybridized carbons (Fsp3) is 0.345. The number of rotatable bonds is 11. The van der Waals surface area contributed by atoms with E-state index in [0.717, 1.165) is 16.7 Å². The smallest absolute Gasteiger partial charge is 0.186 e. The van der Waals surface area contributed by atoms with Gasteiger partial charge < -0.3 is 23.7 Å². The largest absolute Gasteiger partial charge is 0.368 e. The molecule has 0 aromatic heterocycles. The van der Waals surface area contributed by atoms with Crippen molar-refractivity contribution in [2.24, 2.45) is 0 Å². The van der Waals surface area contributed by atoms with Crippen molar-refractivity contribution < 1.29 is 23.7 Å². The predicted molar refractivity (Wildman–Crippen MR) is 131 cm³/mol. The molecule has 35 heavy (non-hydrogen) atoms. The van der Waals surface area contributed by atoms with Gasteiger partial charge in [0.2, 0.25) is 0 Å². The van der Waals surface area contributed by atoms with Crippen LogP contribution in [-0.4, -0.2) is 37.8 Å². The molecule has 0 N–H and O–H groups in total. The van der Waals surface area contributed by atoms with Gasteiger partial charge in [-0.2, -0.15) is 5.26 Å². The number of nitriles is 1. The van der Waals surface area contributed by atoms with Crippen molar-refractivity contribution >= 4 is 0 Å². The van der Waals surface area contributed by atoms with Crippen LogP contribution in [0.1, 0.15) is 23.1 Å². The topological polar surface area (TPSA) is 69.9 Å². The molecule has 6 heteroatoms. The van der Waals surface area contributed by atoms with Crippen molar-refractivity contribution in [2.45, 2.75) is 56.9 Å². The number of hydrogen-bond donors (Lipinski definition) is 0. The Morgan fingerprint density at radius 3 is 1.51 bits per heavy atom. The van der Waals surface area contributed by atoms with Gasteiger partial charge >= 0.3 is 0 Å². The molecule has 1 heterocycles. The Kier molecular flexibility index (Phi) is 9.41. The van der Waals surface area contributed by atoms with Crippen LogP contribution in [0.3, 0.4) is 0 Å². The monoisotopic (exact) mass is 473 g/mol. The summed E-state index contributed by atoms with van der Waals surface area (Å²) < 4.78 is 31.0. The van der Waals surface area contributed by atoms with Crippen LogP contribution >= 0.6 is 0 Å². The Hall–Kier alpha value is -3.05. The lowest BCUT2D eigenvalue weighted by Crippen LogP contribution is -2.60. The third-order valence-corrected chi connectivity index (χ3v) is 5.97. The zero-order chi connectivity index (χ0) is 24.3. The second-order valence-electron chi connectivity index (χ2n) is 8.42. The van der Waals surface area contributed by atoms with Crippen LogP contribution in [0.4, 0.5) is 0 Å². The van der Waals surface area contributed by atoms with Crippen molar-refractivity contribution in [1.29, 1.82) is 5.26 Å². The van der Waals surface area contributed by atoms with Crippen LogP contribution in [0.2, 0.25) is 0 Å². The minimum absolute atomic E-state index is 0.149. The molecule has 5 atom stereocenters. The second-order valence-corrected chi connectivity index (χ2v) is 8.42. The Morgan fingerprint density at radius 1 is 0.657 bits per heavy atom. The zero-order valence-electron chi connectivity index (χ0n) is 19.9. The molecule has 1 aliphatic heterocycles. The number of ether oxygens (including phenoxy) is 5. The Morgan fingerprint density at radius 2 is 1.09 bits per heavy atom. The van der Waals surface area contributed by atoms with Gasteiger partial charge in [0.05, 0.1) is 32.3 Å². The van der Waals surface area contributed by atoms with E-state index in [1.807, 2.05) is 91.0 Å². The average Bonchev–Trinajstić information content (AvgIpc) is 2.92. The van der Waals surface area contributed by atoms with E-state index < -0.39 is 30.7 Å². The summed E-state index contributed by atoms with van der Waals surface area (Å²) in [6.45, 7) is 1.11. The lowest BCUT2D eigenvalue weighted by Gasteiger charge is -2.45. The average molecular weight is 474 g/mol. The van der Waals surface area contributed by atoms with E-state index in [2.05, 4.69) is 6.07 Å². The Balaban J connectivity index is 1.58. The van der Waals surface area contributed by atoms with Gasteiger partial charge in [0.25, 0.3) is 0 Å². The summed E-state index contributed by atoms with van der Waals surface area (Å²) in [7, 11) is 1.58. The van der Waals surface area contributed by atoms with E-state index in [4.69, 9.17) is 23.7 Å². The second kappa shape index (κ2) is 13.1. The molecule has 0 amide bonds. The Bertz CT molecular complexity index is 1040. The highest BCUT2D eigenvalue weighted by Gasteiger charge is 2.48. The van der Waals surface area contributed by atoms with Gasteiger partial charge in [-0.1, -0.05) is 91.0 Å². The van der Waals surface area contributed by atoms with Gasteiger partial charge in [0.15, 0.2) is 6.29 Å². The zero-order valence-corrected chi connectivity index (χ0v) is 19.9. The molecular weight excluding hydrogens is 442 g/mol. The molecule has 0 saturated carbocycles. The third kappa shape index (κ3) is 6.98. The van der Waals surface area contributed by atoms with Crippen molar-refractivity contribution in [3.63, 3.8) is 0 Å². The highest BCUT2D eigenvalue weighted by Crippen LogP contribution is 2.32. The van der Waals surface area contributed by atoms with Crippen LogP contribution in [-0.2, 0) is 43.5 Å². The van der Waals surface area contributed by atoms with E-state index in [1.165, 1.54) is 0 Å². The van der Waals surface area contributed by atoms with Crippen LogP contribution < -0.4 is 0 Å². The maximum absolute atomic E-state index is 9.49. The fourth-order valence-corrected chi connectivity index (χ4v) is 4.19. The molecule has 0 radical (unpaired) electrons. The fourth-order valence-electron chi connectivity index (χ4n) is 4.19. The first-order valence-corrected chi connectivity index (χ1v) is 11.8.